The van der Waals surface area contributed by atoms with Crippen LogP contribution in [0.5, 0.6) is 0 Å². The summed E-state index contributed by atoms with van der Waals surface area (Å²) in [7, 11) is 0. The van der Waals surface area contributed by atoms with Crippen LogP contribution in [-0.2, 0) is 6.18 Å². The molecular weight excluding hydrogens is 296 g/mol. The molecule has 0 aliphatic carbocycles. The highest BCUT2D eigenvalue weighted by atomic mass is 19.4. The van der Waals surface area contributed by atoms with Crippen LogP contribution < -0.4 is 5.32 Å². The van der Waals surface area contributed by atoms with Crippen molar-refractivity contribution in [1.29, 1.82) is 0 Å². The third kappa shape index (κ3) is 3.79. The van der Waals surface area contributed by atoms with Crippen molar-refractivity contribution in [2.75, 3.05) is 26.2 Å². The summed E-state index contributed by atoms with van der Waals surface area (Å²) in [4.78, 5) is 2.08. The molecule has 0 spiro atoms. The normalized spacial score (nSPS) is 19.9. The van der Waals surface area contributed by atoms with Crippen LogP contribution in [0, 0.1) is 11.7 Å². The minimum Gasteiger partial charge on any atom is -0.314 e. The van der Waals surface area contributed by atoms with Gasteiger partial charge in [-0.2, -0.15) is 13.2 Å². The first-order valence-corrected chi connectivity index (χ1v) is 7.66. The van der Waals surface area contributed by atoms with E-state index in [0.717, 1.165) is 25.6 Å². The molecule has 0 saturated carbocycles. The molecule has 1 aromatic rings. The fourth-order valence-corrected chi connectivity index (χ4v) is 3.08. The van der Waals surface area contributed by atoms with Gasteiger partial charge in [-0.3, -0.25) is 4.90 Å². The summed E-state index contributed by atoms with van der Waals surface area (Å²) in [6.07, 6.45) is -3.78. The summed E-state index contributed by atoms with van der Waals surface area (Å²) in [6, 6.07) is 2.70. The molecule has 0 aromatic heterocycles. The van der Waals surface area contributed by atoms with E-state index in [0.29, 0.717) is 19.2 Å². The van der Waals surface area contributed by atoms with Gasteiger partial charge in [-0.05, 0) is 23.6 Å². The summed E-state index contributed by atoms with van der Waals surface area (Å²) >= 11 is 0. The molecule has 1 heterocycles. The van der Waals surface area contributed by atoms with Crippen LogP contribution in [0.25, 0.3) is 0 Å². The number of nitrogens with one attached hydrogen (secondary N) is 1. The van der Waals surface area contributed by atoms with Gasteiger partial charge in [0.15, 0.2) is 0 Å². The Morgan fingerprint density at radius 3 is 2.41 bits per heavy atom. The van der Waals surface area contributed by atoms with E-state index in [9.17, 15) is 17.6 Å². The molecule has 2 rings (SSSR count). The van der Waals surface area contributed by atoms with Gasteiger partial charge in [0.2, 0.25) is 0 Å². The molecule has 2 atom stereocenters. The van der Waals surface area contributed by atoms with Gasteiger partial charge in [0.25, 0.3) is 0 Å². The lowest BCUT2D eigenvalue weighted by atomic mass is 9.87. The molecule has 1 aliphatic heterocycles. The predicted molar refractivity (Wildman–Crippen MR) is 78.0 cm³/mol. The Morgan fingerprint density at radius 1 is 1.23 bits per heavy atom. The fraction of sp³-hybridized carbons (Fsp3) is 0.625. The van der Waals surface area contributed by atoms with Crippen LogP contribution in [0.2, 0.25) is 0 Å². The number of alkyl halides is 3. The van der Waals surface area contributed by atoms with E-state index in [-0.39, 0.29) is 17.5 Å². The second kappa shape index (κ2) is 6.96. The molecule has 1 unspecified atom stereocenters. The maximum atomic E-state index is 13.3. The van der Waals surface area contributed by atoms with E-state index >= 15 is 0 Å². The van der Waals surface area contributed by atoms with Gasteiger partial charge in [0.1, 0.15) is 5.82 Å². The Morgan fingerprint density at radius 2 is 1.86 bits per heavy atom. The number of rotatable bonds is 4. The van der Waals surface area contributed by atoms with Crippen molar-refractivity contribution in [2.45, 2.75) is 32.5 Å². The molecule has 6 heteroatoms. The van der Waals surface area contributed by atoms with Crippen LogP contribution in [0.4, 0.5) is 17.6 Å². The van der Waals surface area contributed by atoms with Crippen LogP contribution in [0.3, 0.4) is 0 Å². The number of halogens is 4. The molecule has 1 saturated heterocycles. The Balaban J connectivity index is 2.47. The zero-order valence-corrected chi connectivity index (χ0v) is 12.9. The van der Waals surface area contributed by atoms with E-state index in [1.54, 1.807) is 0 Å². The highest BCUT2D eigenvalue weighted by Crippen LogP contribution is 2.40. The first-order chi connectivity index (χ1) is 10.3. The number of hydrogen-bond donors (Lipinski definition) is 1. The summed E-state index contributed by atoms with van der Waals surface area (Å²) in [5, 5.41) is 3.21. The summed E-state index contributed by atoms with van der Waals surface area (Å²) < 4.78 is 53.3. The smallest absolute Gasteiger partial charge is 0.314 e. The molecule has 1 aliphatic rings. The lowest BCUT2D eigenvalue weighted by Crippen LogP contribution is -2.47. The number of piperazine rings is 1. The van der Waals surface area contributed by atoms with Gasteiger partial charge in [-0.25, -0.2) is 4.39 Å². The highest BCUT2D eigenvalue weighted by Gasteiger charge is 2.38. The van der Waals surface area contributed by atoms with Crippen molar-refractivity contribution in [1.82, 2.24) is 10.2 Å². The van der Waals surface area contributed by atoms with E-state index in [2.05, 4.69) is 10.2 Å². The standard InChI is InChI=1S/C16H22F4N2/c1-3-11(2)15(22-8-6-21-7-9-22)13-5-4-12(17)10-14(13)16(18,19)20/h4-5,10-11,15,21H,3,6-9H2,1-2H3/t11?,15-/m0/s1. The molecule has 0 radical (unpaired) electrons. The molecular formula is C16H22F4N2. The summed E-state index contributed by atoms with van der Waals surface area (Å²) in [5.74, 6) is -0.788. The lowest BCUT2D eigenvalue weighted by Gasteiger charge is -2.39. The average molecular weight is 318 g/mol. The van der Waals surface area contributed by atoms with E-state index in [1.165, 1.54) is 6.07 Å². The fourth-order valence-electron chi connectivity index (χ4n) is 3.08. The van der Waals surface area contributed by atoms with Gasteiger partial charge in [-0.1, -0.05) is 26.3 Å². The number of benzene rings is 1. The van der Waals surface area contributed by atoms with E-state index < -0.39 is 17.6 Å². The first kappa shape index (κ1) is 17.2. The van der Waals surface area contributed by atoms with Crippen LogP contribution in [-0.4, -0.2) is 31.1 Å². The van der Waals surface area contributed by atoms with Gasteiger partial charge >= 0.3 is 6.18 Å². The number of hydrogen-bond acceptors (Lipinski definition) is 2. The topological polar surface area (TPSA) is 15.3 Å². The molecule has 124 valence electrons. The molecule has 2 nitrogen and oxygen atoms in total. The van der Waals surface area contributed by atoms with Crippen molar-refractivity contribution in [3.05, 3.63) is 35.1 Å². The van der Waals surface area contributed by atoms with Crippen molar-refractivity contribution in [3.8, 4) is 0 Å². The summed E-state index contributed by atoms with van der Waals surface area (Å²) in [6.45, 7) is 6.84. The largest absolute Gasteiger partial charge is 0.416 e. The maximum Gasteiger partial charge on any atom is 0.416 e. The van der Waals surface area contributed by atoms with E-state index in [4.69, 9.17) is 0 Å². The second-order valence-corrected chi connectivity index (χ2v) is 5.85. The van der Waals surface area contributed by atoms with Crippen molar-refractivity contribution in [3.63, 3.8) is 0 Å². The minimum atomic E-state index is -4.54. The Labute approximate surface area is 128 Å². The Hall–Kier alpha value is -1.14. The summed E-state index contributed by atoms with van der Waals surface area (Å²) in [5.41, 5.74) is -0.665. The van der Waals surface area contributed by atoms with Gasteiger partial charge in [-0.15, -0.1) is 0 Å². The Bertz CT molecular complexity index is 495. The second-order valence-electron chi connectivity index (χ2n) is 5.85. The highest BCUT2D eigenvalue weighted by molar-refractivity contribution is 5.33. The van der Waals surface area contributed by atoms with Crippen molar-refractivity contribution in [2.24, 2.45) is 5.92 Å². The SMILES string of the molecule is CCC(C)[C@@H](c1ccc(F)cc1C(F)(F)F)N1CCNCC1. The van der Waals surface area contributed by atoms with E-state index in [1.807, 2.05) is 13.8 Å². The van der Waals surface area contributed by atoms with Crippen LogP contribution >= 0.6 is 0 Å². The van der Waals surface area contributed by atoms with Crippen molar-refractivity contribution < 1.29 is 17.6 Å². The van der Waals surface area contributed by atoms with Gasteiger partial charge < -0.3 is 5.32 Å². The molecule has 0 amide bonds. The number of nitrogens with zero attached hydrogens (tertiary/aromatic N) is 1. The zero-order valence-electron chi connectivity index (χ0n) is 12.9. The first-order valence-electron chi connectivity index (χ1n) is 7.66. The monoisotopic (exact) mass is 318 g/mol. The Kier molecular flexibility index (Phi) is 5.45. The third-order valence-corrected chi connectivity index (χ3v) is 4.37. The minimum absolute atomic E-state index is 0.0599. The molecule has 1 fully saturated rings. The predicted octanol–water partition coefficient (Wildman–Crippen LogP) is 3.84. The quantitative estimate of drug-likeness (QED) is 0.849. The maximum absolute atomic E-state index is 13.3. The van der Waals surface area contributed by atoms with Crippen molar-refractivity contribution >= 4 is 0 Å². The van der Waals surface area contributed by atoms with Gasteiger partial charge in [0.05, 0.1) is 5.56 Å². The lowest BCUT2D eigenvalue weighted by molar-refractivity contribution is -0.139. The molecule has 0 bridgehead atoms. The molecule has 22 heavy (non-hydrogen) atoms. The van der Waals surface area contributed by atoms with Crippen LogP contribution in [0.15, 0.2) is 18.2 Å². The average Bonchev–Trinajstić information content (AvgIpc) is 2.48. The third-order valence-electron chi connectivity index (χ3n) is 4.37. The van der Waals surface area contributed by atoms with Gasteiger partial charge in [0, 0.05) is 32.2 Å². The zero-order chi connectivity index (χ0) is 16.3. The van der Waals surface area contributed by atoms with Crippen LogP contribution in [0.1, 0.15) is 37.4 Å². The molecule has 1 aromatic carbocycles. The molecule has 1 N–H and O–H groups in total.